The first kappa shape index (κ1) is 21.7. The Hall–Kier alpha value is -2.62. The van der Waals surface area contributed by atoms with Crippen LogP contribution >= 0.6 is 11.6 Å². The molecule has 0 aliphatic heterocycles. The van der Waals surface area contributed by atoms with E-state index in [1.54, 1.807) is 0 Å². The highest BCUT2D eigenvalue weighted by molar-refractivity contribution is 6.30. The smallest absolute Gasteiger partial charge is 0.307 e. The molecule has 2 N–H and O–H groups in total. The maximum Gasteiger partial charge on any atom is 0.307 e. The molecule has 4 heteroatoms. The molecule has 3 aromatic carbocycles. The number of esters is 1. The van der Waals surface area contributed by atoms with Crippen LogP contribution in [-0.4, -0.2) is 12.5 Å². The van der Waals surface area contributed by atoms with Gasteiger partial charge in [0.1, 0.15) is 6.61 Å². The Labute approximate surface area is 172 Å². The van der Waals surface area contributed by atoms with E-state index in [1.165, 1.54) is 16.7 Å². The number of nitrogens with two attached hydrogens (primary N) is 1. The number of benzene rings is 3. The van der Waals surface area contributed by atoms with Gasteiger partial charge in [-0.05, 0) is 40.8 Å². The van der Waals surface area contributed by atoms with Crippen molar-refractivity contribution in [2.24, 2.45) is 5.73 Å². The van der Waals surface area contributed by atoms with Gasteiger partial charge in [0.25, 0.3) is 0 Å². The molecule has 0 aliphatic carbocycles. The summed E-state index contributed by atoms with van der Waals surface area (Å²) in [5.74, 6) is -0.244. The Kier molecular flexibility index (Phi) is 9.26. The molecule has 28 heavy (non-hydrogen) atoms. The third-order valence-corrected chi connectivity index (χ3v) is 4.35. The Morgan fingerprint density at radius 2 is 1.61 bits per heavy atom. The molecular formula is C24H26ClNO2. The highest BCUT2D eigenvalue weighted by Gasteiger charge is 2.00. The van der Waals surface area contributed by atoms with E-state index in [2.05, 4.69) is 37.3 Å². The number of rotatable bonds is 6. The van der Waals surface area contributed by atoms with Gasteiger partial charge in [-0.1, -0.05) is 85.3 Å². The second kappa shape index (κ2) is 12.0. The fourth-order valence-corrected chi connectivity index (χ4v) is 2.72. The molecule has 0 radical (unpaired) electrons. The van der Waals surface area contributed by atoms with Crippen LogP contribution in [0.1, 0.15) is 24.5 Å². The van der Waals surface area contributed by atoms with Crippen molar-refractivity contribution in [3.8, 4) is 11.1 Å². The minimum Gasteiger partial charge on any atom is -0.461 e. The lowest BCUT2D eigenvalue weighted by Gasteiger charge is -2.03. The van der Waals surface area contributed by atoms with Crippen LogP contribution in [0.4, 0.5) is 0 Å². The predicted molar refractivity (Wildman–Crippen MR) is 116 cm³/mol. The van der Waals surface area contributed by atoms with Gasteiger partial charge in [-0.25, -0.2) is 0 Å². The summed E-state index contributed by atoms with van der Waals surface area (Å²) in [6, 6.07) is 26.1. The van der Waals surface area contributed by atoms with Crippen LogP contribution < -0.4 is 5.73 Å². The summed E-state index contributed by atoms with van der Waals surface area (Å²) in [6.07, 6.45) is 1.36. The SMILES string of the molecule is CCc1ccc(-c2cccc(Cl)c2)cc1.NCCC(=O)OCc1ccccc1. The van der Waals surface area contributed by atoms with Gasteiger partial charge in [0.15, 0.2) is 0 Å². The van der Waals surface area contributed by atoms with Crippen LogP contribution in [0.25, 0.3) is 11.1 Å². The summed E-state index contributed by atoms with van der Waals surface area (Å²) >= 11 is 5.95. The first-order valence-electron chi connectivity index (χ1n) is 9.37. The minimum atomic E-state index is -0.244. The zero-order valence-electron chi connectivity index (χ0n) is 16.1. The number of hydrogen-bond donors (Lipinski definition) is 1. The largest absolute Gasteiger partial charge is 0.461 e. The Bertz CT molecular complexity index is 848. The Balaban J connectivity index is 0.000000203. The fraction of sp³-hybridized carbons (Fsp3) is 0.208. The molecule has 3 rings (SSSR count). The third-order valence-electron chi connectivity index (χ3n) is 4.11. The van der Waals surface area contributed by atoms with Crippen molar-refractivity contribution in [2.75, 3.05) is 6.54 Å². The molecule has 0 atom stereocenters. The summed E-state index contributed by atoms with van der Waals surface area (Å²) in [6.45, 7) is 2.84. The quantitative estimate of drug-likeness (QED) is 0.549. The molecule has 3 aromatic rings. The summed E-state index contributed by atoms with van der Waals surface area (Å²) in [7, 11) is 0. The van der Waals surface area contributed by atoms with Crippen molar-refractivity contribution in [3.63, 3.8) is 0 Å². The molecule has 0 saturated heterocycles. The van der Waals surface area contributed by atoms with Gasteiger partial charge in [0.2, 0.25) is 0 Å². The highest BCUT2D eigenvalue weighted by Crippen LogP contribution is 2.22. The second-order valence-corrected chi connectivity index (χ2v) is 6.68. The topological polar surface area (TPSA) is 52.3 Å². The van der Waals surface area contributed by atoms with Crippen molar-refractivity contribution >= 4 is 17.6 Å². The zero-order chi connectivity index (χ0) is 20.2. The molecule has 0 saturated carbocycles. The highest BCUT2D eigenvalue weighted by atomic mass is 35.5. The van der Waals surface area contributed by atoms with E-state index in [9.17, 15) is 4.79 Å². The normalized spacial score (nSPS) is 9.96. The van der Waals surface area contributed by atoms with Gasteiger partial charge >= 0.3 is 5.97 Å². The lowest BCUT2D eigenvalue weighted by atomic mass is 10.0. The van der Waals surface area contributed by atoms with E-state index in [0.717, 1.165) is 17.0 Å². The molecule has 0 amide bonds. The molecular weight excluding hydrogens is 370 g/mol. The van der Waals surface area contributed by atoms with Crippen molar-refractivity contribution < 1.29 is 9.53 Å². The Morgan fingerprint density at radius 3 is 2.21 bits per heavy atom. The van der Waals surface area contributed by atoms with Gasteiger partial charge < -0.3 is 10.5 Å². The fourth-order valence-electron chi connectivity index (χ4n) is 2.53. The Morgan fingerprint density at radius 1 is 0.893 bits per heavy atom. The van der Waals surface area contributed by atoms with Crippen LogP contribution in [0.3, 0.4) is 0 Å². The number of halogens is 1. The standard InChI is InChI=1S/C14H13Cl.C10H13NO2/c1-2-11-6-8-12(9-7-11)13-4-3-5-14(15)10-13;11-7-6-10(12)13-8-9-4-2-1-3-5-9/h3-10H,2H2,1H3;1-5H,6-8,11H2. The predicted octanol–water partition coefficient (Wildman–Crippen LogP) is 5.65. The average molecular weight is 396 g/mol. The first-order chi connectivity index (χ1) is 13.6. The monoisotopic (exact) mass is 395 g/mol. The number of hydrogen-bond acceptors (Lipinski definition) is 3. The second-order valence-electron chi connectivity index (χ2n) is 6.25. The number of carbonyl (C=O) groups is 1. The van der Waals surface area contributed by atoms with Crippen LogP contribution in [-0.2, 0) is 22.6 Å². The molecule has 0 heterocycles. The van der Waals surface area contributed by atoms with Crippen LogP contribution in [0.5, 0.6) is 0 Å². The van der Waals surface area contributed by atoms with E-state index in [-0.39, 0.29) is 12.4 Å². The molecule has 0 aromatic heterocycles. The van der Waals surface area contributed by atoms with Crippen LogP contribution in [0, 0.1) is 0 Å². The molecule has 3 nitrogen and oxygen atoms in total. The van der Waals surface area contributed by atoms with Gasteiger partial charge in [-0.3, -0.25) is 4.79 Å². The van der Waals surface area contributed by atoms with Gasteiger partial charge in [-0.2, -0.15) is 0 Å². The van der Waals surface area contributed by atoms with Gasteiger partial charge in [-0.15, -0.1) is 0 Å². The minimum absolute atomic E-state index is 0.244. The summed E-state index contributed by atoms with van der Waals surface area (Å²) in [5.41, 5.74) is 9.94. The average Bonchev–Trinajstić information content (AvgIpc) is 2.74. The molecule has 0 unspecified atom stereocenters. The first-order valence-corrected chi connectivity index (χ1v) is 9.74. The third kappa shape index (κ3) is 7.55. The lowest BCUT2D eigenvalue weighted by Crippen LogP contribution is -2.10. The molecule has 0 spiro atoms. The lowest BCUT2D eigenvalue weighted by molar-refractivity contribution is -0.144. The van der Waals surface area contributed by atoms with Crippen LogP contribution in [0.15, 0.2) is 78.9 Å². The number of aryl methyl sites for hydroxylation is 1. The van der Waals surface area contributed by atoms with Crippen LogP contribution in [0.2, 0.25) is 5.02 Å². The molecule has 146 valence electrons. The van der Waals surface area contributed by atoms with Crippen molar-refractivity contribution in [2.45, 2.75) is 26.4 Å². The zero-order valence-corrected chi connectivity index (χ0v) is 16.9. The van der Waals surface area contributed by atoms with Crippen molar-refractivity contribution in [1.82, 2.24) is 0 Å². The number of ether oxygens (including phenoxy) is 1. The summed E-state index contributed by atoms with van der Waals surface area (Å²) < 4.78 is 4.95. The van der Waals surface area contributed by atoms with Gasteiger partial charge in [0, 0.05) is 11.6 Å². The van der Waals surface area contributed by atoms with E-state index in [0.29, 0.717) is 13.2 Å². The van der Waals surface area contributed by atoms with E-state index in [4.69, 9.17) is 22.1 Å². The molecule has 0 bridgehead atoms. The van der Waals surface area contributed by atoms with E-state index < -0.39 is 0 Å². The van der Waals surface area contributed by atoms with Crippen molar-refractivity contribution in [1.29, 1.82) is 0 Å². The number of carbonyl (C=O) groups excluding carboxylic acids is 1. The maximum atomic E-state index is 10.9. The van der Waals surface area contributed by atoms with Crippen molar-refractivity contribution in [3.05, 3.63) is 95.0 Å². The summed E-state index contributed by atoms with van der Waals surface area (Å²) in [5, 5.41) is 0.784. The molecule has 0 aliphatic rings. The van der Waals surface area contributed by atoms with Gasteiger partial charge in [0.05, 0.1) is 6.42 Å². The molecule has 0 fully saturated rings. The van der Waals surface area contributed by atoms with E-state index >= 15 is 0 Å². The maximum absolute atomic E-state index is 10.9. The van der Waals surface area contributed by atoms with E-state index in [1.807, 2.05) is 48.5 Å². The summed E-state index contributed by atoms with van der Waals surface area (Å²) in [4.78, 5) is 10.9.